The average molecular weight is 459 g/mol. The molecular formula is C24H30N2O5S. The van der Waals surface area contributed by atoms with Crippen LogP contribution >= 0.6 is 0 Å². The molecule has 0 bridgehead atoms. The van der Waals surface area contributed by atoms with Gasteiger partial charge in [0.25, 0.3) is 0 Å². The maximum Gasteiger partial charge on any atom is 0.305 e. The van der Waals surface area contributed by atoms with Crippen LogP contribution in [0.4, 0.5) is 0 Å². The summed E-state index contributed by atoms with van der Waals surface area (Å²) in [4.78, 5) is 15.6. The quantitative estimate of drug-likeness (QED) is 0.325. The molecule has 7 nitrogen and oxygen atoms in total. The first-order valence-corrected chi connectivity index (χ1v) is 12.3. The second-order valence-corrected chi connectivity index (χ2v) is 10.4. The third-order valence-electron chi connectivity index (χ3n) is 5.28. The lowest BCUT2D eigenvalue weighted by molar-refractivity contribution is -0.140. The van der Waals surface area contributed by atoms with Crippen molar-refractivity contribution in [2.24, 2.45) is 0 Å². The van der Waals surface area contributed by atoms with Gasteiger partial charge in [0.2, 0.25) is 15.0 Å². The number of esters is 1. The Morgan fingerprint density at radius 2 is 1.78 bits per heavy atom. The molecule has 0 N–H and O–H groups in total. The fourth-order valence-electron chi connectivity index (χ4n) is 3.31. The van der Waals surface area contributed by atoms with Crippen LogP contribution in [0.5, 0.6) is 5.75 Å². The van der Waals surface area contributed by atoms with Crippen LogP contribution in [0.1, 0.15) is 45.1 Å². The first-order valence-electron chi connectivity index (χ1n) is 10.8. The Labute approximate surface area is 189 Å². The fourth-order valence-corrected chi connectivity index (χ4v) is 4.41. The van der Waals surface area contributed by atoms with E-state index in [0.29, 0.717) is 29.8 Å². The molecule has 2 aromatic carbocycles. The number of nitrogens with zero attached hydrogens (tertiary/aromatic N) is 2. The Kier molecular flexibility index (Phi) is 7.56. The molecule has 0 unspecified atom stereocenters. The van der Waals surface area contributed by atoms with Crippen molar-refractivity contribution in [1.29, 1.82) is 0 Å². The number of hydrogen-bond acceptors (Lipinski definition) is 6. The molecule has 0 amide bonds. The number of methoxy groups -OCH3 is 1. The van der Waals surface area contributed by atoms with E-state index in [-0.39, 0.29) is 11.1 Å². The van der Waals surface area contributed by atoms with Crippen molar-refractivity contribution < 1.29 is 22.7 Å². The van der Waals surface area contributed by atoms with Gasteiger partial charge in [0.15, 0.2) is 0 Å². The van der Waals surface area contributed by atoms with E-state index in [1.165, 1.54) is 7.11 Å². The predicted octanol–water partition coefficient (Wildman–Crippen LogP) is 4.63. The van der Waals surface area contributed by atoms with Crippen LogP contribution in [0.25, 0.3) is 16.7 Å². The van der Waals surface area contributed by atoms with Gasteiger partial charge in [-0.15, -0.1) is 0 Å². The van der Waals surface area contributed by atoms with Gasteiger partial charge < -0.3 is 9.47 Å². The summed E-state index contributed by atoms with van der Waals surface area (Å²) >= 11 is 0. The summed E-state index contributed by atoms with van der Waals surface area (Å²) in [7, 11) is -2.21. The van der Waals surface area contributed by atoms with Gasteiger partial charge in [-0.05, 0) is 64.3 Å². The number of benzene rings is 2. The van der Waals surface area contributed by atoms with E-state index < -0.39 is 15.1 Å². The van der Waals surface area contributed by atoms with E-state index in [2.05, 4.69) is 9.72 Å². The number of carbonyl (C=O) groups is 1. The maximum absolute atomic E-state index is 13.0. The summed E-state index contributed by atoms with van der Waals surface area (Å²) in [6.45, 7) is 5.80. The molecule has 0 radical (unpaired) electrons. The molecule has 0 fully saturated rings. The average Bonchev–Trinajstić information content (AvgIpc) is 3.16. The number of unbranched alkanes of at least 4 members (excludes halogenated alkanes) is 2. The number of sulfone groups is 1. The molecule has 0 spiro atoms. The minimum Gasteiger partial charge on any atom is -0.494 e. The van der Waals surface area contributed by atoms with Gasteiger partial charge in [-0.25, -0.2) is 13.4 Å². The van der Waals surface area contributed by atoms with Gasteiger partial charge in [0.1, 0.15) is 5.75 Å². The molecule has 1 aromatic heterocycles. The minimum atomic E-state index is -3.60. The highest BCUT2D eigenvalue weighted by Gasteiger charge is 2.28. The highest BCUT2D eigenvalue weighted by Crippen LogP contribution is 2.29. The van der Waals surface area contributed by atoms with Gasteiger partial charge in [-0.3, -0.25) is 9.36 Å². The first-order chi connectivity index (χ1) is 15.2. The summed E-state index contributed by atoms with van der Waals surface area (Å²) < 4.78 is 38.3. The minimum absolute atomic E-state index is 0.0336. The van der Waals surface area contributed by atoms with Crippen molar-refractivity contribution in [1.82, 2.24) is 9.55 Å². The summed E-state index contributed by atoms with van der Waals surface area (Å²) in [6.07, 6.45) is 2.83. The molecule has 0 aliphatic heterocycles. The molecule has 0 aliphatic rings. The standard InChI is InChI=1S/C24H30N2O5S/c1-17(2)32(28,29)24-25-21-14-13-20(31-15-7-5-6-8-23(27)30-4)16-22(21)26(24)19-11-9-18(3)10-12-19/h9-14,16-17H,5-8,15H2,1-4H3. The molecule has 1 heterocycles. The van der Waals surface area contributed by atoms with Crippen LogP contribution < -0.4 is 4.74 Å². The number of ether oxygens (including phenoxy) is 2. The lowest BCUT2D eigenvalue weighted by Gasteiger charge is -2.12. The van der Waals surface area contributed by atoms with Crippen LogP contribution in [0.15, 0.2) is 47.6 Å². The molecule has 8 heteroatoms. The molecule has 0 saturated heterocycles. The summed E-state index contributed by atoms with van der Waals surface area (Å²) in [6, 6.07) is 13.1. The number of hydrogen-bond donors (Lipinski definition) is 0. The second kappa shape index (κ2) is 10.2. The number of aromatic nitrogens is 2. The van der Waals surface area contributed by atoms with E-state index in [0.717, 1.165) is 30.5 Å². The first kappa shape index (κ1) is 23.8. The van der Waals surface area contributed by atoms with Gasteiger partial charge in [0.05, 0.1) is 30.0 Å². The summed E-state index contributed by atoms with van der Waals surface area (Å²) in [5.74, 6) is 0.445. The van der Waals surface area contributed by atoms with Crippen molar-refractivity contribution in [3.63, 3.8) is 0 Å². The molecule has 172 valence electrons. The number of carbonyl (C=O) groups excluding carboxylic acids is 1. The molecule has 0 saturated carbocycles. The number of rotatable bonds is 10. The zero-order valence-corrected chi connectivity index (χ0v) is 19.8. The molecular weight excluding hydrogens is 428 g/mol. The SMILES string of the molecule is COC(=O)CCCCCOc1ccc2nc(S(=O)(=O)C(C)C)n(-c3ccc(C)cc3)c2c1. The molecule has 3 rings (SSSR count). The van der Waals surface area contributed by atoms with E-state index in [4.69, 9.17) is 4.74 Å². The number of aryl methyl sites for hydroxylation is 1. The van der Waals surface area contributed by atoms with Crippen molar-refractivity contribution in [3.8, 4) is 11.4 Å². The zero-order chi connectivity index (χ0) is 23.3. The molecule has 0 aliphatic carbocycles. The Hall–Kier alpha value is -2.87. The highest BCUT2D eigenvalue weighted by molar-refractivity contribution is 7.91. The molecule has 3 aromatic rings. The topological polar surface area (TPSA) is 87.5 Å². The Bertz CT molecular complexity index is 1180. The Morgan fingerprint density at radius 3 is 2.44 bits per heavy atom. The summed E-state index contributed by atoms with van der Waals surface area (Å²) in [5.41, 5.74) is 3.09. The lowest BCUT2D eigenvalue weighted by Crippen LogP contribution is -2.18. The smallest absolute Gasteiger partial charge is 0.305 e. The van der Waals surface area contributed by atoms with Crippen LogP contribution in [0.3, 0.4) is 0 Å². The largest absolute Gasteiger partial charge is 0.494 e. The number of imidazole rings is 1. The van der Waals surface area contributed by atoms with Gasteiger partial charge >= 0.3 is 5.97 Å². The van der Waals surface area contributed by atoms with Crippen LogP contribution in [-0.4, -0.2) is 42.9 Å². The van der Waals surface area contributed by atoms with Crippen molar-refractivity contribution in [2.45, 2.75) is 56.9 Å². The predicted molar refractivity (Wildman–Crippen MR) is 124 cm³/mol. The Morgan fingerprint density at radius 1 is 1.06 bits per heavy atom. The monoisotopic (exact) mass is 458 g/mol. The normalized spacial score (nSPS) is 11.8. The fraction of sp³-hybridized carbons (Fsp3) is 0.417. The van der Waals surface area contributed by atoms with Crippen LogP contribution in [0, 0.1) is 6.92 Å². The third-order valence-corrected chi connectivity index (χ3v) is 7.31. The van der Waals surface area contributed by atoms with Crippen LogP contribution in [-0.2, 0) is 19.4 Å². The Balaban J connectivity index is 1.88. The second-order valence-electron chi connectivity index (χ2n) is 8.04. The van der Waals surface area contributed by atoms with Crippen molar-refractivity contribution >= 4 is 26.8 Å². The lowest BCUT2D eigenvalue weighted by atomic mass is 10.2. The number of fused-ring (bicyclic) bond motifs is 1. The van der Waals surface area contributed by atoms with Gasteiger partial charge in [-0.2, -0.15) is 0 Å². The van der Waals surface area contributed by atoms with Gasteiger partial charge in [-0.1, -0.05) is 17.7 Å². The molecule has 0 atom stereocenters. The molecule has 32 heavy (non-hydrogen) atoms. The van der Waals surface area contributed by atoms with E-state index >= 15 is 0 Å². The van der Waals surface area contributed by atoms with Crippen molar-refractivity contribution in [2.75, 3.05) is 13.7 Å². The third kappa shape index (κ3) is 5.30. The van der Waals surface area contributed by atoms with Crippen molar-refractivity contribution in [3.05, 3.63) is 48.0 Å². The van der Waals surface area contributed by atoms with Gasteiger partial charge in [0, 0.05) is 18.2 Å². The van der Waals surface area contributed by atoms with E-state index in [9.17, 15) is 13.2 Å². The zero-order valence-electron chi connectivity index (χ0n) is 19.0. The highest BCUT2D eigenvalue weighted by atomic mass is 32.2. The maximum atomic E-state index is 13.0. The van der Waals surface area contributed by atoms with E-state index in [1.807, 2.05) is 37.3 Å². The van der Waals surface area contributed by atoms with E-state index in [1.54, 1.807) is 30.5 Å². The van der Waals surface area contributed by atoms with Crippen LogP contribution in [0.2, 0.25) is 0 Å². The summed E-state index contributed by atoms with van der Waals surface area (Å²) in [5, 5.41) is -0.560.